The van der Waals surface area contributed by atoms with Crippen molar-refractivity contribution < 1.29 is 0 Å². The molecule has 4 N–H and O–H groups in total. The molecule has 0 saturated carbocycles. The van der Waals surface area contributed by atoms with Gasteiger partial charge in [0.05, 0.1) is 11.0 Å². The van der Waals surface area contributed by atoms with Crippen LogP contribution in [0.2, 0.25) is 0 Å². The highest BCUT2D eigenvalue weighted by atomic mass is 15.1. The van der Waals surface area contributed by atoms with Gasteiger partial charge in [0, 0.05) is 11.7 Å². The Balaban J connectivity index is 2.03. The van der Waals surface area contributed by atoms with Gasteiger partial charge in [-0.3, -0.25) is 0 Å². The Hall–Kier alpha value is -1.75. The Morgan fingerprint density at radius 2 is 2.22 bits per heavy atom. The number of hydrogen-bond donors (Lipinski definition) is 3. The van der Waals surface area contributed by atoms with E-state index in [-0.39, 0.29) is 0 Å². The predicted molar refractivity (Wildman–Crippen MR) is 76.8 cm³/mol. The van der Waals surface area contributed by atoms with Crippen LogP contribution in [0.15, 0.2) is 18.2 Å². The van der Waals surface area contributed by atoms with Crippen LogP contribution in [0.3, 0.4) is 0 Å². The van der Waals surface area contributed by atoms with E-state index in [9.17, 15) is 0 Å². The van der Waals surface area contributed by atoms with Gasteiger partial charge in [0.25, 0.3) is 0 Å². The molecular weight excluding hydrogens is 226 g/mol. The highest BCUT2D eigenvalue weighted by molar-refractivity contribution is 5.80. The second-order valence-corrected chi connectivity index (χ2v) is 5.00. The summed E-state index contributed by atoms with van der Waals surface area (Å²) >= 11 is 0. The average Bonchev–Trinajstić information content (AvgIpc) is 2.67. The molecule has 0 aliphatic carbocycles. The van der Waals surface area contributed by atoms with Crippen molar-refractivity contribution in [2.45, 2.75) is 19.4 Å². The SMILES string of the molecule is CC(CCN(C)C)Nc1nc2ccc(N)cc2[nH]1. The number of nitrogens with zero attached hydrogens (tertiary/aromatic N) is 2. The summed E-state index contributed by atoms with van der Waals surface area (Å²) in [4.78, 5) is 9.90. The smallest absolute Gasteiger partial charge is 0.201 e. The first-order valence-electron chi connectivity index (χ1n) is 6.21. The third-order valence-corrected chi connectivity index (χ3v) is 2.90. The second-order valence-electron chi connectivity index (χ2n) is 5.00. The molecule has 98 valence electrons. The van der Waals surface area contributed by atoms with Gasteiger partial charge in [0.15, 0.2) is 0 Å². The van der Waals surface area contributed by atoms with E-state index < -0.39 is 0 Å². The summed E-state index contributed by atoms with van der Waals surface area (Å²) in [6.07, 6.45) is 1.08. The molecular formula is C13H21N5. The quantitative estimate of drug-likeness (QED) is 0.706. The number of fused-ring (bicyclic) bond motifs is 1. The Bertz CT molecular complexity index is 517. The van der Waals surface area contributed by atoms with Gasteiger partial charge in [0.1, 0.15) is 0 Å². The minimum absolute atomic E-state index is 0.380. The van der Waals surface area contributed by atoms with Gasteiger partial charge in [0.2, 0.25) is 5.95 Å². The summed E-state index contributed by atoms with van der Waals surface area (Å²) < 4.78 is 0. The van der Waals surface area contributed by atoms with Crippen LogP contribution in [-0.2, 0) is 0 Å². The first-order chi connectivity index (χ1) is 8.54. The van der Waals surface area contributed by atoms with Gasteiger partial charge in [-0.05, 0) is 52.2 Å². The fourth-order valence-electron chi connectivity index (χ4n) is 1.85. The molecule has 2 aromatic rings. The largest absolute Gasteiger partial charge is 0.399 e. The van der Waals surface area contributed by atoms with Crippen LogP contribution in [0.4, 0.5) is 11.6 Å². The van der Waals surface area contributed by atoms with Crippen LogP contribution in [-0.4, -0.2) is 41.5 Å². The summed E-state index contributed by atoms with van der Waals surface area (Å²) in [5.41, 5.74) is 8.40. The normalized spacial score (nSPS) is 13.1. The number of rotatable bonds is 5. The van der Waals surface area contributed by atoms with E-state index in [0.717, 1.165) is 35.6 Å². The molecule has 0 aliphatic heterocycles. The first-order valence-corrected chi connectivity index (χ1v) is 6.21. The molecule has 18 heavy (non-hydrogen) atoms. The maximum atomic E-state index is 5.74. The lowest BCUT2D eigenvalue weighted by Gasteiger charge is -2.15. The van der Waals surface area contributed by atoms with E-state index in [2.05, 4.69) is 41.2 Å². The Morgan fingerprint density at radius 3 is 2.94 bits per heavy atom. The Kier molecular flexibility index (Phi) is 3.72. The van der Waals surface area contributed by atoms with E-state index in [0.29, 0.717) is 6.04 Å². The van der Waals surface area contributed by atoms with E-state index in [1.807, 2.05) is 18.2 Å². The monoisotopic (exact) mass is 247 g/mol. The Labute approximate surface area is 107 Å². The van der Waals surface area contributed by atoms with Crippen molar-refractivity contribution >= 4 is 22.7 Å². The van der Waals surface area contributed by atoms with Crippen molar-refractivity contribution in [1.29, 1.82) is 0 Å². The average molecular weight is 247 g/mol. The maximum absolute atomic E-state index is 5.74. The minimum Gasteiger partial charge on any atom is -0.399 e. The summed E-state index contributed by atoms with van der Waals surface area (Å²) in [7, 11) is 4.16. The molecule has 1 aromatic carbocycles. The zero-order valence-corrected chi connectivity index (χ0v) is 11.2. The van der Waals surface area contributed by atoms with Crippen molar-refractivity contribution in [2.75, 3.05) is 31.7 Å². The summed E-state index contributed by atoms with van der Waals surface area (Å²) in [5.74, 6) is 0.807. The number of aromatic nitrogens is 2. The van der Waals surface area contributed by atoms with Crippen LogP contribution in [0.1, 0.15) is 13.3 Å². The Morgan fingerprint density at radius 1 is 1.44 bits per heavy atom. The highest BCUT2D eigenvalue weighted by Gasteiger charge is 2.07. The van der Waals surface area contributed by atoms with Crippen LogP contribution >= 0.6 is 0 Å². The van der Waals surface area contributed by atoms with Crippen molar-refractivity contribution in [3.63, 3.8) is 0 Å². The number of hydrogen-bond acceptors (Lipinski definition) is 4. The lowest BCUT2D eigenvalue weighted by atomic mass is 10.2. The van der Waals surface area contributed by atoms with E-state index in [1.54, 1.807) is 0 Å². The molecule has 0 saturated heterocycles. The summed E-state index contributed by atoms with van der Waals surface area (Å²) in [5, 5.41) is 3.37. The van der Waals surface area contributed by atoms with Crippen LogP contribution < -0.4 is 11.1 Å². The summed E-state index contributed by atoms with van der Waals surface area (Å²) in [6, 6.07) is 6.07. The number of H-pyrrole nitrogens is 1. The molecule has 0 spiro atoms. The van der Waals surface area contributed by atoms with E-state index in [1.165, 1.54) is 0 Å². The second kappa shape index (κ2) is 5.27. The molecule has 5 heteroatoms. The van der Waals surface area contributed by atoms with E-state index >= 15 is 0 Å². The number of nitrogens with two attached hydrogens (primary N) is 1. The number of imidazole rings is 1. The third kappa shape index (κ3) is 3.13. The fraction of sp³-hybridized carbons (Fsp3) is 0.462. The van der Waals surface area contributed by atoms with Gasteiger partial charge in [-0.25, -0.2) is 4.98 Å². The lowest BCUT2D eigenvalue weighted by molar-refractivity contribution is 0.390. The number of nitrogen functional groups attached to an aromatic ring is 1. The number of nitrogens with one attached hydrogen (secondary N) is 2. The van der Waals surface area contributed by atoms with Crippen molar-refractivity contribution in [1.82, 2.24) is 14.9 Å². The van der Waals surface area contributed by atoms with Gasteiger partial charge in [-0.15, -0.1) is 0 Å². The molecule has 0 amide bonds. The highest BCUT2D eigenvalue weighted by Crippen LogP contribution is 2.17. The van der Waals surface area contributed by atoms with Crippen molar-refractivity contribution in [2.24, 2.45) is 0 Å². The van der Waals surface area contributed by atoms with Crippen molar-refractivity contribution in [3.8, 4) is 0 Å². The molecule has 2 rings (SSSR count). The standard InChI is InChI=1S/C13H21N5/c1-9(6-7-18(2)3)15-13-16-11-5-4-10(14)8-12(11)17-13/h4-5,8-9H,6-7,14H2,1-3H3,(H2,15,16,17). The third-order valence-electron chi connectivity index (χ3n) is 2.90. The van der Waals surface area contributed by atoms with Gasteiger partial charge in [-0.1, -0.05) is 0 Å². The van der Waals surface area contributed by atoms with Gasteiger partial charge >= 0.3 is 0 Å². The molecule has 1 aromatic heterocycles. The molecule has 0 aliphatic rings. The van der Waals surface area contributed by atoms with Crippen LogP contribution in [0.25, 0.3) is 11.0 Å². The van der Waals surface area contributed by atoms with Gasteiger partial charge < -0.3 is 20.9 Å². The minimum atomic E-state index is 0.380. The molecule has 1 atom stereocenters. The number of anilines is 2. The summed E-state index contributed by atoms with van der Waals surface area (Å²) in [6.45, 7) is 3.21. The van der Waals surface area contributed by atoms with Gasteiger partial charge in [-0.2, -0.15) is 0 Å². The molecule has 0 radical (unpaired) electrons. The zero-order valence-electron chi connectivity index (χ0n) is 11.2. The van der Waals surface area contributed by atoms with E-state index in [4.69, 9.17) is 5.73 Å². The molecule has 0 bridgehead atoms. The lowest BCUT2D eigenvalue weighted by Crippen LogP contribution is -2.23. The molecule has 0 fully saturated rings. The zero-order chi connectivity index (χ0) is 13.1. The topological polar surface area (TPSA) is 70.0 Å². The maximum Gasteiger partial charge on any atom is 0.201 e. The first kappa shape index (κ1) is 12.7. The number of aromatic amines is 1. The van der Waals surface area contributed by atoms with Crippen LogP contribution in [0, 0.1) is 0 Å². The molecule has 1 heterocycles. The molecule has 1 unspecified atom stereocenters. The van der Waals surface area contributed by atoms with Crippen LogP contribution in [0.5, 0.6) is 0 Å². The fourth-order valence-corrected chi connectivity index (χ4v) is 1.85. The molecule has 5 nitrogen and oxygen atoms in total. The van der Waals surface area contributed by atoms with Crippen molar-refractivity contribution in [3.05, 3.63) is 18.2 Å². The predicted octanol–water partition coefficient (Wildman–Crippen LogP) is 1.90. The number of benzene rings is 1.